The Balaban J connectivity index is 1.71. The molecule has 0 radical (unpaired) electrons. The van der Waals surface area contributed by atoms with Gasteiger partial charge in [0.15, 0.2) is 0 Å². The van der Waals surface area contributed by atoms with Crippen LogP contribution in [0, 0.1) is 0 Å². The molecule has 0 saturated carbocycles. The van der Waals surface area contributed by atoms with Crippen molar-refractivity contribution in [2.75, 3.05) is 30.8 Å². The molecule has 0 aliphatic heterocycles. The molecule has 3 aromatic rings. The fourth-order valence-electron chi connectivity index (χ4n) is 2.97. The molecule has 0 aliphatic carbocycles. The first kappa shape index (κ1) is 24.3. The average Bonchev–Trinajstić information content (AvgIpc) is 2.77. The first-order chi connectivity index (χ1) is 15.7. The van der Waals surface area contributed by atoms with Crippen molar-refractivity contribution >= 4 is 50.3 Å². The van der Waals surface area contributed by atoms with E-state index in [2.05, 4.69) is 15.5 Å². The molecule has 174 valence electrons. The van der Waals surface area contributed by atoms with Gasteiger partial charge in [0.25, 0.3) is 5.91 Å². The maximum atomic E-state index is 12.4. The summed E-state index contributed by atoms with van der Waals surface area (Å²) in [5, 5.41) is 4.90. The summed E-state index contributed by atoms with van der Waals surface area (Å²) < 4.78 is 36.0. The summed E-state index contributed by atoms with van der Waals surface area (Å²) in [5.41, 5.74) is 3.79. The average molecular weight is 491 g/mol. The molecule has 9 nitrogen and oxygen atoms in total. The Morgan fingerprint density at radius 3 is 2.52 bits per heavy atom. The van der Waals surface area contributed by atoms with Crippen LogP contribution < -0.4 is 19.2 Å². The van der Waals surface area contributed by atoms with Crippen LogP contribution in [0.25, 0.3) is 10.9 Å². The zero-order valence-corrected chi connectivity index (χ0v) is 19.9. The Morgan fingerprint density at radius 1 is 1.18 bits per heavy atom. The largest absolute Gasteiger partial charge is 0.497 e. The molecule has 1 heterocycles. The van der Waals surface area contributed by atoms with Crippen molar-refractivity contribution in [2.24, 2.45) is 5.10 Å². The number of amides is 1. The van der Waals surface area contributed by atoms with Crippen molar-refractivity contribution in [3.8, 4) is 11.5 Å². The molecule has 1 amide bonds. The Morgan fingerprint density at radius 2 is 1.88 bits per heavy atom. The minimum atomic E-state index is -3.71. The lowest BCUT2D eigenvalue weighted by Crippen LogP contribution is -2.39. The number of carbonyl (C=O) groups is 1. The number of hydrogen-bond acceptors (Lipinski definition) is 7. The van der Waals surface area contributed by atoms with Crippen molar-refractivity contribution in [2.45, 2.75) is 6.92 Å². The van der Waals surface area contributed by atoms with E-state index in [9.17, 15) is 13.2 Å². The van der Waals surface area contributed by atoms with Crippen LogP contribution in [0.15, 0.2) is 53.6 Å². The third-order valence-electron chi connectivity index (χ3n) is 4.52. The zero-order chi connectivity index (χ0) is 24.0. The summed E-state index contributed by atoms with van der Waals surface area (Å²) in [6, 6.07) is 13.5. The first-order valence-corrected chi connectivity index (χ1v) is 12.1. The molecule has 1 N–H and O–H groups in total. The maximum Gasteiger partial charge on any atom is 0.260 e. The topological polar surface area (TPSA) is 110 Å². The van der Waals surface area contributed by atoms with Gasteiger partial charge in [0.1, 0.15) is 23.2 Å². The number of rotatable bonds is 9. The number of carbonyl (C=O) groups excluding carboxylic acids is 1. The minimum absolute atomic E-state index is 0.195. The lowest BCUT2D eigenvalue weighted by atomic mass is 10.1. The van der Waals surface area contributed by atoms with Crippen LogP contribution in [0.2, 0.25) is 5.15 Å². The van der Waals surface area contributed by atoms with Crippen molar-refractivity contribution in [3.05, 3.63) is 59.2 Å². The van der Waals surface area contributed by atoms with Crippen LogP contribution in [-0.4, -0.2) is 52.0 Å². The van der Waals surface area contributed by atoms with E-state index in [0.29, 0.717) is 34.9 Å². The van der Waals surface area contributed by atoms with E-state index in [0.717, 1.165) is 15.9 Å². The highest BCUT2D eigenvalue weighted by Gasteiger charge is 2.20. The van der Waals surface area contributed by atoms with Gasteiger partial charge in [0, 0.05) is 17.0 Å². The number of hydrogen-bond donors (Lipinski definition) is 1. The Labute approximate surface area is 197 Å². The van der Waals surface area contributed by atoms with Gasteiger partial charge in [0.05, 0.1) is 37.4 Å². The molecule has 0 fully saturated rings. The fourth-order valence-corrected chi connectivity index (χ4v) is 4.02. The van der Waals surface area contributed by atoms with Gasteiger partial charge in [-0.15, -0.1) is 0 Å². The third kappa shape index (κ3) is 6.33. The highest BCUT2D eigenvalue weighted by Crippen LogP contribution is 2.24. The number of nitrogens with zero attached hydrogens (tertiary/aromatic N) is 3. The van der Waals surface area contributed by atoms with Crippen LogP contribution in [0.5, 0.6) is 11.5 Å². The van der Waals surface area contributed by atoms with E-state index in [-0.39, 0.29) is 5.15 Å². The Bertz CT molecular complexity index is 1280. The standard InChI is InChI=1S/C22H23ClN4O5S/c1-4-32-18-9-6-17(7-10-18)27(33(3,29)30)14-21(28)26-24-13-16-11-15-5-8-19(31-2)12-20(15)25-22(16)23/h5-13H,4,14H2,1-3H3,(H,26,28)/b24-13-. The highest BCUT2D eigenvalue weighted by molar-refractivity contribution is 7.92. The molecular weight excluding hydrogens is 468 g/mol. The zero-order valence-electron chi connectivity index (χ0n) is 18.3. The monoisotopic (exact) mass is 490 g/mol. The number of sulfonamides is 1. The van der Waals surface area contributed by atoms with Crippen LogP contribution in [0.4, 0.5) is 5.69 Å². The minimum Gasteiger partial charge on any atom is -0.497 e. The molecule has 11 heteroatoms. The van der Waals surface area contributed by atoms with Crippen molar-refractivity contribution in [1.29, 1.82) is 0 Å². The molecule has 0 atom stereocenters. The summed E-state index contributed by atoms with van der Waals surface area (Å²) in [6.07, 6.45) is 2.37. The van der Waals surface area contributed by atoms with E-state index >= 15 is 0 Å². The predicted molar refractivity (Wildman–Crippen MR) is 129 cm³/mol. The van der Waals surface area contributed by atoms with Crippen LogP contribution in [-0.2, 0) is 14.8 Å². The number of anilines is 1. The van der Waals surface area contributed by atoms with Gasteiger partial charge in [-0.3, -0.25) is 9.10 Å². The van der Waals surface area contributed by atoms with Crippen LogP contribution >= 0.6 is 11.6 Å². The predicted octanol–water partition coefficient (Wildman–Crippen LogP) is 3.21. The molecule has 0 saturated heterocycles. The van der Waals surface area contributed by atoms with Crippen molar-refractivity contribution < 1.29 is 22.7 Å². The molecule has 0 spiro atoms. The van der Waals surface area contributed by atoms with E-state index in [4.69, 9.17) is 21.1 Å². The number of nitrogens with one attached hydrogen (secondary N) is 1. The second kappa shape index (κ2) is 10.5. The lowest BCUT2D eigenvalue weighted by molar-refractivity contribution is -0.119. The second-order valence-electron chi connectivity index (χ2n) is 6.92. The summed E-state index contributed by atoms with van der Waals surface area (Å²) in [6.45, 7) is 1.88. The summed E-state index contributed by atoms with van der Waals surface area (Å²) >= 11 is 6.22. The highest BCUT2D eigenvalue weighted by atomic mass is 35.5. The molecule has 0 aliphatic rings. The first-order valence-electron chi connectivity index (χ1n) is 9.88. The van der Waals surface area contributed by atoms with Gasteiger partial charge in [-0.25, -0.2) is 18.8 Å². The van der Waals surface area contributed by atoms with Crippen molar-refractivity contribution in [3.63, 3.8) is 0 Å². The number of fused-ring (bicyclic) bond motifs is 1. The summed E-state index contributed by atoms with van der Waals surface area (Å²) in [5.74, 6) is 0.631. The maximum absolute atomic E-state index is 12.4. The van der Waals surface area contributed by atoms with Gasteiger partial charge in [-0.05, 0) is 49.4 Å². The lowest BCUT2D eigenvalue weighted by Gasteiger charge is -2.21. The smallest absolute Gasteiger partial charge is 0.260 e. The third-order valence-corrected chi connectivity index (χ3v) is 5.96. The van der Waals surface area contributed by atoms with Crippen LogP contribution in [0.1, 0.15) is 12.5 Å². The van der Waals surface area contributed by atoms with Gasteiger partial charge in [-0.1, -0.05) is 11.6 Å². The number of benzene rings is 2. The fraction of sp³-hybridized carbons (Fsp3) is 0.227. The number of halogens is 1. The quantitative estimate of drug-likeness (QED) is 0.280. The normalized spacial score (nSPS) is 11.5. The van der Waals surface area contributed by atoms with E-state index < -0.39 is 22.5 Å². The Hall–Kier alpha value is -3.37. The van der Waals surface area contributed by atoms with Gasteiger partial charge >= 0.3 is 0 Å². The molecule has 2 aromatic carbocycles. The van der Waals surface area contributed by atoms with Gasteiger partial charge < -0.3 is 9.47 Å². The van der Waals surface area contributed by atoms with E-state index in [1.807, 2.05) is 13.0 Å². The van der Waals surface area contributed by atoms with Gasteiger partial charge in [0.2, 0.25) is 10.0 Å². The molecule has 33 heavy (non-hydrogen) atoms. The number of methoxy groups -OCH3 is 1. The number of ether oxygens (including phenoxy) is 2. The van der Waals surface area contributed by atoms with Crippen LogP contribution in [0.3, 0.4) is 0 Å². The molecule has 0 unspecified atom stereocenters. The van der Waals surface area contributed by atoms with E-state index in [1.54, 1.807) is 49.6 Å². The summed E-state index contributed by atoms with van der Waals surface area (Å²) in [4.78, 5) is 16.7. The van der Waals surface area contributed by atoms with E-state index in [1.165, 1.54) is 6.21 Å². The second-order valence-corrected chi connectivity index (χ2v) is 9.18. The molecular formula is C22H23ClN4O5S. The Kier molecular flexibility index (Phi) is 7.72. The molecule has 1 aromatic heterocycles. The number of aromatic nitrogens is 1. The number of pyridine rings is 1. The SMILES string of the molecule is CCOc1ccc(N(CC(=O)N/N=C\c2cc3ccc(OC)cc3nc2Cl)S(C)(=O)=O)cc1. The number of hydrazone groups is 1. The molecule has 3 rings (SSSR count). The van der Waals surface area contributed by atoms with Gasteiger partial charge in [-0.2, -0.15) is 5.10 Å². The van der Waals surface area contributed by atoms with Crippen molar-refractivity contribution in [1.82, 2.24) is 10.4 Å². The summed E-state index contributed by atoms with van der Waals surface area (Å²) in [7, 11) is -2.15. The molecule has 0 bridgehead atoms.